The van der Waals surface area contributed by atoms with Crippen LogP contribution in [-0.2, 0) is 9.47 Å². The molecule has 3 aliphatic rings. The second-order valence-electron chi connectivity index (χ2n) is 6.72. The van der Waals surface area contributed by atoms with E-state index in [-0.39, 0.29) is 18.2 Å². The fraction of sp³-hybridized carbons (Fsp3) is 0.765. The lowest BCUT2D eigenvalue weighted by atomic mass is 9.99. The Labute approximate surface area is 141 Å². The molecule has 0 bridgehead atoms. The van der Waals surface area contributed by atoms with Crippen LogP contribution in [0.1, 0.15) is 66.2 Å². The SMILES string of the molecule is O=C(c1scnc1C1CCCC1)N1CCCC[C@H]1C1OCCO1. The number of ether oxygens (including phenoxy) is 2. The highest BCUT2D eigenvalue weighted by Crippen LogP contribution is 2.37. The summed E-state index contributed by atoms with van der Waals surface area (Å²) in [5, 5.41) is 0. The summed E-state index contributed by atoms with van der Waals surface area (Å²) in [7, 11) is 0. The zero-order valence-electron chi connectivity index (χ0n) is 13.4. The summed E-state index contributed by atoms with van der Waals surface area (Å²) in [5.41, 5.74) is 2.87. The summed E-state index contributed by atoms with van der Waals surface area (Å²) in [6, 6.07) is 0.0530. The fourth-order valence-electron chi connectivity index (χ4n) is 4.13. The normalized spacial score (nSPS) is 27.0. The van der Waals surface area contributed by atoms with Gasteiger partial charge < -0.3 is 14.4 Å². The third-order valence-electron chi connectivity index (χ3n) is 5.30. The molecular weight excluding hydrogens is 312 g/mol. The molecule has 3 heterocycles. The number of nitrogens with zero attached hydrogens (tertiary/aromatic N) is 2. The quantitative estimate of drug-likeness (QED) is 0.851. The van der Waals surface area contributed by atoms with Crippen LogP contribution in [0.25, 0.3) is 0 Å². The van der Waals surface area contributed by atoms with E-state index in [1.807, 2.05) is 10.4 Å². The zero-order chi connectivity index (χ0) is 15.6. The maximum atomic E-state index is 13.2. The highest BCUT2D eigenvalue weighted by Gasteiger charge is 2.38. The second kappa shape index (κ2) is 6.87. The van der Waals surface area contributed by atoms with Crippen molar-refractivity contribution in [3.8, 4) is 0 Å². The van der Waals surface area contributed by atoms with Crippen LogP contribution in [0.3, 0.4) is 0 Å². The third kappa shape index (κ3) is 3.04. The topological polar surface area (TPSA) is 51.7 Å². The average Bonchev–Trinajstić information content (AvgIpc) is 3.35. The Morgan fingerprint density at radius 1 is 1.13 bits per heavy atom. The summed E-state index contributed by atoms with van der Waals surface area (Å²) in [4.78, 5) is 20.6. The van der Waals surface area contributed by atoms with Crippen LogP contribution in [0, 0.1) is 0 Å². The number of aromatic nitrogens is 1. The Morgan fingerprint density at radius 3 is 2.65 bits per heavy atom. The summed E-state index contributed by atoms with van der Waals surface area (Å²) in [6.07, 6.45) is 7.76. The third-order valence-corrected chi connectivity index (χ3v) is 6.13. The van der Waals surface area contributed by atoms with Gasteiger partial charge in [0, 0.05) is 12.5 Å². The molecule has 2 aliphatic heterocycles. The first-order chi connectivity index (χ1) is 11.3. The van der Waals surface area contributed by atoms with Crippen LogP contribution < -0.4 is 0 Å². The molecule has 1 amide bonds. The second-order valence-corrected chi connectivity index (χ2v) is 7.57. The number of thiazole rings is 1. The predicted octanol–water partition coefficient (Wildman–Crippen LogP) is 3.17. The fourth-order valence-corrected chi connectivity index (χ4v) is 4.96. The lowest BCUT2D eigenvalue weighted by Crippen LogP contribution is -2.50. The number of carbonyl (C=O) groups excluding carboxylic acids is 1. The van der Waals surface area contributed by atoms with Crippen LogP contribution in [0.2, 0.25) is 0 Å². The molecule has 4 rings (SSSR count). The van der Waals surface area contributed by atoms with Crippen LogP contribution in [-0.4, -0.2) is 47.9 Å². The van der Waals surface area contributed by atoms with Crippen LogP contribution in [0.4, 0.5) is 0 Å². The summed E-state index contributed by atoms with van der Waals surface area (Å²) < 4.78 is 11.4. The first-order valence-electron chi connectivity index (χ1n) is 8.82. The first kappa shape index (κ1) is 15.5. The van der Waals surface area contributed by atoms with E-state index in [9.17, 15) is 4.79 Å². The van der Waals surface area contributed by atoms with E-state index in [1.165, 1.54) is 37.0 Å². The van der Waals surface area contributed by atoms with Crippen molar-refractivity contribution in [1.82, 2.24) is 9.88 Å². The van der Waals surface area contributed by atoms with Crippen molar-refractivity contribution < 1.29 is 14.3 Å². The molecule has 0 aromatic carbocycles. The molecule has 0 N–H and O–H groups in total. The number of amides is 1. The maximum absolute atomic E-state index is 13.2. The monoisotopic (exact) mass is 336 g/mol. The standard InChI is InChI=1S/C17H24N2O3S/c20-16(15-14(18-11-23-15)12-5-1-2-6-12)19-8-4-3-7-13(19)17-21-9-10-22-17/h11-13,17H,1-10H2/t13-/m0/s1. The van der Waals surface area contributed by atoms with Gasteiger partial charge in [-0.3, -0.25) is 4.79 Å². The van der Waals surface area contributed by atoms with Gasteiger partial charge in [0.05, 0.1) is 30.5 Å². The van der Waals surface area contributed by atoms with E-state index in [2.05, 4.69) is 4.98 Å². The van der Waals surface area contributed by atoms with Gasteiger partial charge in [-0.15, -0.1) is 11.3 Å². The van der Waals surface area contributed by atoms with E-state index in [0.717, 1.165) is 36.4 Å². The van der Waals surface area contributed by atoms with Crippen molar-refractivity contribution in [2.24, 2.45) is 0 Å². The molecule has 5 nitrogen and oxygen atoms in total. The Kier molecular flexibility index (Phi) is 4.64. The van der Waals surface area contributed by atoms with E-state index in [1.54, 1.807) is 0 Å². The van der Waals surface area contributed by atoms with Crippen molar-refractivity contribution in [3.05, 3.63) is 16.1 Å². The molecule has 1 aromatic rings. The summed E-state index contributed by atoms with van der Waals surface area (Å²) >= 11 is 1.50. The minimum atomic E-state index is -0.248. The van der Waals surface area contributed by atoms with Gasteiger partial charge in [-0.1, -0.05) is 12.8 Å². The molecule has 0 radical (unpaired) electrons. The van der Waals surface area contributed by atoms with Gasteiger partial charge >= 0.3 is 0 Å². The van der Waals surface area contributed by atoms with Gasteiger partial charge in [0.25, 0.3) is 5.91 Å². The Morgan fingerprint density at radius 2 is 1.87 bits per heavy atom. The van der Waals surface area contributed by atoms with Gasteiger partial charge in [0.1, 0.15) is 4.88 Å². The zero-order valence-corrected chi connectivity index (χ0v) is 14.2. The summed E-state index contributed by atoms with van der Waals surface area (Å²) in [6.45, 7) is 2.07. The van der Waals surface area contributed by atoms with Crippen molar-refractivity contribution in [2.75, 3.05) is 19.8 Å². The van der Waals surface area contributed by atoms with Crippen LogP contribution >= 0.6 is 11.3 Å². The average molecular weight is 336 g/mol. The number of hydrogen-bond acceptors (Lipinski definition) is 5. The molecule has 1 aliphatic carbocycles. The molecular formula is C17H24N2O3S. The minimum Gasteiger partial charge on any atom is -0.348 e. The van der Waals surface area contributed by atoms with Gasteiger partial charge in [0.15, 0.2) is 6.29 Å². The lowest BCUT2D eigenvalue weighted by molar-refractivity contribution is -0.100. The van der Waals surface area contributed by atoms with Gasteiger partial charge in [-0.05, 0) is 32.1 Å². The highest BCUT2D eigenvalue weighted by molar-refractivity contribution is 7.11. The molecule has 1 aromatic heterocycles. The Bertz CT molecular complexity index is 550. The first-order valence-corrected chi connectivity index (χ1v) is 9.70. The molecule has 1 saturated carbocycles. The predicted molar refractivity (Wildman–Crippen MR) is 87.7 cm³/mol. The number of rotatable bonds is 3. The van der Waals surface area contributed by atoms with Crippen molar-refractivity contribution in [3.63, 3.8) is 0 Å². The van der Waals surface area contributed by atoms with E-state index in [4.69, 9.17) is 9.47 Å². The largest absolute Gasteiger partial charge is 0.348 e. The van der Waals surface area contributed by atoms with Crippen LogP contribution in [0.15, 0.2) is 5.51 Å². The van der Waals surface area contributed by atoms with E-state index < -0.39 is 0 Å². The number of likely N-dealkylation sites (tertiary alicyclic amines) is 1. The summed E-state index contributed by atoms with van der Waals surface area (Å²) in [5.74, 6) is 0.612. The number of carbonyl (C=O) groups is 1. The van der Waals surface area contributed by atoms with Gasteiger partial charge in [-0.2, -0.15) is 0 Å². The van der Waals surface area contributed by atoms with Gasteiger partial charge in [-0.25, -0.2) is 4.98 Å². The molecule has 6 heteroatoms. The van der Waals surface area contributed by atoms with Crippen molar-refractivity contribution in [1.29, 1.82) is 0 Å². The van der Waals surface area contributed by atoms with Crippen molar-refractivity contribution >= 4 is 17.2 Å². The minimum absolute atomic E-state index is 0.0530. The molecule has 126 valence electrons. The van der Waals surface area contributed by atoms with Crippen molar-refractivity contribution in [2.45, 2.75) is 63.2 Å². The molecule has 0 unspecified atom stereocenters. The van der Waals surface area contributed by atoms with Crippen LogP contribution in [0.5, 0.6) is 0 Å². The molecule has 1 atom stereocenters. The molecule has 0 spiro atoms. The maximum Gasteiger partial charge on any atom is 0.266 e. The number of hydrogen-bond donors (Lipinski definition) is 0. The molecule has 3 fully saturated rings. The van der Waals surface area contributed by atoms with E-state index in [0.29, 0.717) is 19.1 Å². The molecule has 23 heavy (non-hydrogen) atoms. The highest BCUT2D eigenvalue weighted by atomic mass is 32.1. The van der Waals surface area contributed by atoms with Gasteiger partial charge in [0.2, 0.25) is 0 Å². The Hall–Kier alpha value is -0.980. The smallest absolute Gasteiger partial charge is 0.266 e. The lowest BCUT2D eigenvalue weighted by Gasteiger charge is -2.38. The molecule has 2 saturated heterocycles. The number of piperidine rings is 1. The van der Waals surface area contributed by atoms with E-state index >= 15 is 0 Å². The Balaban J connectivity index is 1.56.